The minimum Gasteiger partial charge on any atom is -0.482 e. The van der Waals surface area contributed by atoms with Crippen LogP contribution >= 0.6 is 27.5 Å². The van der Waals surface area contributed by atoms with E-state index in [1.54, 1.807) is 18.2 Å². The second-order valence-corrected chi connectivity index (χ2v) is 8.04. The molecule has 0 atom stereocenters. The Hall–Kier alpha value is -2.31. The SMILES string of the molecule is CCCCc1cc(=O)oc2cc(OCC(=O)Nc3ccc(Br)c(C)c3)c(Cl)cc12. The maximum absolute atomic E-state index is 12.2. The Labute approximate surface area is 182 Å². The van der Waals surface area contributed by atoms with Crippen LogP contribution in [0.3, 0.4) is 0 Å². The van der Waals surface area contributed by atoms with Gasteiger partial charge in [0.25, 0.3) is 5.91 Å². The number of carbonyl (C=O) groups is 1. The van der Waals surface area contributed by atoms with Gasteiger partial charge >= 0.3 is 5.63 Å². The molecule has 29 heavy (non-hydrogen) atoms. The van der Waals surface area contributed by atoms with Crippen LogP contribution in [-0.2, 0) is 11.2 Å². The number of carbonyl (C=O) groups excluding carboxylic acids is 1. The summed E-state index contributed by atoms with van der Waals surface area (Å²) in [6, 6.07) is 10.3. The third-order valence-electron chi connectivity index (χ3n) is 4.48. The normalized spacial score (nSPS) is 10.9. The van der Waals surface area contributed by atoms with Crippen molar-refractivity contribution in [1.82, 2.24) is 0 Å². The van der Waals surface area contributed by atoms with Crippen molar-refractivity contribution in [3.63, 3.8) is 0 Å². The summed E-state index contributed by atoms with van der Waals surface area (Å²) in [6.45, 7) is 3.81. The monoisotopic (exact) mass is 477 g/mol. The highest BCUT2D eigenvalue weighted by molar-refractivity contribution is 9.10. The average molecular weight is 479 g/mol. The summed E-state index contributed by atoms with van der Waals surface area (Å²) in [5, 5.41) is 3.92. The number of hydrogen-bond donors (Lipinski definition) is 1. The van der Waals surface area contributed by atoms with Gasteiger partial charge in [-0.3, -0.25) is 4.79 Å². The summed E-state index contributed by atoms with van der Waals surface area (Å²) in [6.07, 6.45) is 2.75. The summed E-state index contributed by atoms with van der Waals surface area (Å²) in [5.41, 5.74) is 2.56. The first kappa shape index (κ1) is 21.4. The molecule has 0 radical (unpaired) electrons. The maximum Gasteiger partial charge on any atom is 0.336 e. The first-order chi connectivity index (χ1) is 13.9. The minimum atomic E-state index is -0.416. The number of anilines is 1. The van der Waals surface area contributed by atoms with E-state index in [-0.39, 0.29) is 18.3 Å². The molecule has 0 saturated heterocycles. The lowest BCUT2D eigenvalue weighted by Crippen LogP contribution is -2.20. The Balaban J connectivity index is 1.75. The number of hydrogen-bond acceptors (Lipinski definition) is 4. The van der Waals surface area contributed by atoms with E-state index in [9.17, 15) is 9.59 Å². The molecule has 0 bridgehead atoms. The van der Waals surface area contributed by atoms with E-state index < -0.39 is 5.63 Å². The number of ether oxygens (including phenoxy) is 1. The molecular weight excluding hydrogens is 458 g/mol. The Morgan fingerprint density at radius 3 is 2.76 bits per heavy atom. The Morgan fingerprint density at radius 2 is 2.03 bits per heavy atom. The standard InChI is InChI=1S/C22H21BrClNO4/c1-3-4-5-14-9-22(27)29-19-11-20(18(24)10-16(14)19)28-12-21(26)25-15-6-7-17(23)13(2)8-15/h6-11H,3-5,12H2,1-2H3,(H,25,26). The van der Waals surface area contributed by atoms with Crippen LogP contribution in [0.2, 0.25) is 5.02 Å². The molecule has 3 aromatic rings. The molecule has 152 valence electrons. The lowest BCUT2D eigenvalue weighted by molar-refractivity contribution is -0.118. The van der Waals surface area contributed by atoms with Gasteiger partial charge in [-0.1, -0.05) is 40.9 Å². The molecule has 0 fully saturated rings. The van der Waals surface area contributed by atoms with Crippen LogP contribution in [0.1, 0.15) is 30.9 Å². The third-order valence-corrected chi connectivity index (χ3v) is 5.67. The fourth-order valence-electron chi connectivity index (χ4n) is 2.98. The molecule has 1 N–H and O–H groups in total. The van der Waals surface area contributed by atoms with E-state index >= 15 is 0 Å². The van der Waals surface area contributed by atoms with Gasteiger partial charge < -0.3 is 14.5 Å². The summed E-state index contributed by atoms with van der Waals surface area (Å²) in [4.78, 5) is 24.1. The lowest BCUT2D eigenvalue weighted by atomic mass is 10.0. The Kier molecular flexibility index (Phi) is 6.98. The first-order valence-corrected chi connectivity index (χ1v) is 10.5. The molecule has 0 saturated carbocycles. The predicted molar refractivity (Wildman–Crippen MR) is 119 cm³/mol. The van der Waals surface area contributed by atoms with Crippen molar-refractivity contribution in [2.45, 2.75) is 33.1 Å². The van der Waals surface area contributed by atoms with Crippen LogP contribution in [-0.4, -0.2) is 12.5 Å². The number of aryl methyl sites for hydroxylation is 2. The summed E-state index contributed by atoms with van der Waals surface area (Å²) in [7, 11) is 0. The maximum atomic E-state index is 12.2. The number of benzene rings is 2. The highest BCUT2D eigenvalue weighted by Gasteiger charge is 2.13. The van der Waals surface area contributed by atoms with Crippen LogP contribution < -0.4 is 15.7 Å². The fourth-order valence-corrected chi connectivity index (χ4v) is 3.44. The highest BCUT2D eigenvalue weighted by Crippen LogP contribution is 2.31. The van der Waals surface area contributed by atoms with E-state index in [1.165, 1.54) is 6.07 Å². The van der Waals surface area contributed by atoms with E-state index in [1.807, 2.05) is 19.1 Å². The van der Waals surface area contributed by atoms with Crippen molar-refractivity contribution in [3.05, 3.63) is 67.4 Å². The molecule has 7 heteroatoms. The Morgan fingerprint density at radius 1 is 1.24 bits per heavy atom. The highest BCUT2D eigenvalue weighted by atomic mass is 79.9. The van der Waals surface area contributed by atoms with Crippen LogP contribution in [0.4, 0.5) is 5.69 Å². The molecule has 0 aliphatic rings. The number of rotatable bonds is 7. The summed E-state index contributed by atoms with van der Waals surface area (Å²) < 4.78 is 11.9. The van der Waals surface area contributed by atoms with Crippen molar-refractivity contribution >= 4 is 50.1 Å². The van der Waals surface area contributed by atoms with Crippen molar-refractivity contribution in [3.8, 4) is 5.75 Å². The molecule has 5 nitrogen and oxygen atoms in total. The molecule has 0 spiro atoms. The summed E-state index contributed by atoms with van der Waals surface area (Å²) in [5.74, 6) is -0.0295. The number of amides is 1. The van der Waals surface area contributed by atoms with Gasteiger partial charge in [-0.15, -0.1) is 0 Å². The summed E-state index contributed by atoms with van der Waals surface area (Å²) >= 11 is 9.77. The largest absolute Gasteiger partial charge is 0.482 e. The molecule has 2 aromatic carbocycles. The predicted octanol–water partition coefficient (Wildman–Crippen LogP) is 5.88. The smallest absolute Gasteiger partial charge is 0.336 e. The van der Waals surface area contributed by atoms with E-state index in [0.29, 0.717) is 16.3 Å². The van der Waals surface area contributed by atoms with E-state index in [0.717, 1.165) is 40.2 Å². The second-order valence-electron chi connectivity index (χ2n) is 6.77. The van der Waals surface area contributed by atoms with Gasteiger partial charge in [0, 0.05) is 27.7 Å². The van der Waals surface area contributed by atoms with Gasteiger partial charge in [0.2, 0.25) is 0 Å². The second kappa shape index (κ2) is 9.46. The minimum absolute atomic E-state index is 0.222. The zero-order valence-corrected chi connectivity index (χ0v) is 18.5. The fraction of sp³-hybridized carbons (Fsp3) is 0.273. The molecule has 3 rings (SSSR count). The third kappa shape index (κ3) is 5.40. The van der Waals surface area contributed by atoms with Gasteiger partial charge in [0.1, 0.15) is 11.3 Å². The molecule has 1 aromatic heterocycles. The molecule has 0 unspecified atom stereocenters. The van der Waals surface area contributed by atoms with Gasteiger partial charge in [-0.25, -0.2) is 4.79 Å². The van der Waals surface area contributed by atoms with Crippen molar-refractivity contribution in [1.29, 1.82) is 0 Å². The lowest BCUT2D eigenvalue weighted by Gasteiger charge is -2.11. The molecule has 1 heterocycles. The zero-order valence-electron chi connectivity index (χ0n) is 16.2. The first-order valence-electron chi connectivity index (χ1n) is 9.32. The zero-order chi connectivity index (χ0) is 21.0. The Bertz CT molecular complexity index is 1110. The van der Waals surface area contributed by atoms with Crippen LogP contribution in [0, 0.1) is 6.92 Å². The van der Waals surface area contributed by atoms with Crippen molar-refractivity contribution in [2.24, 2.45) is 0 Å². The van der Waals surface area contributed by atoms with Gasteiger partial charge in [0.05, 0.1) is 5.02 Å². The molecule has 0 aliphatic carbocycles. The van der Waals surface area contributed by atoms with Gasteiger partial charge in [-0.2, -0.15) is 0 Å². The van der Waals surface area contributed by atoms with Crippen molar-refractivity contribution in [2.75, 3.05) is 11.9 Å². The number of nitrogens with one attached hydrogen (secondary N) is 1. The quantitative estimate of drug-likeness (QED) is 0.431. The number of fused-ring (bicyclic) bond motifs is 1. The van der Waals surface area contributed by atoms with Gasteiger partial charge in [-0.05, 0) is 55.2 Å². The number of halogens is 2. The van der Waals surface area contributed by atoms with E-state index in [4.69, 9.17) is 20.8 Å². The van der Waals surface area contributed by atoms with Crippen LogP contribution in [0.5, 0.6) is 5.75 Å². The van der Waals surface area contributed by atoms with Gasteiger partial charge in [0.15, 0.2) is 6.61 Å². The van der Waals surface area contributed by atoms with Crippen LogP contribution in [0.15, 0.2) is 50.1 Å². The topological polar surface area (TPSA) is 68.5 Å². The molecule has 0 aliphatic heterocycles. The average Bonchev–Trinajstić information content (AvgIpc) is 2.68. The number of unbranched alkanes of at least 4 members (excludes halogenated alkanes) is 1. The van der Waals surface area contributed by atoms with E-state index in [2.05, 4.69) is 28.2 Å². The van der Waals surface area contributed by atoms with Crippen LogP contribution in [0.25, 0.3) is 11.0 Å². The molecule has 1 amide bonds. The molecular formula is C22H21BrClNO4. The van der Waals surface area contributed by atoms with Crippen molar-refractivity contribution < 1.29 is 13.9 Å².